The predicted octanol–water partition coefficient (Wildman–Crippen LogP) is 4.25. The number of morpholine rings is 1. The molecule has 0 unspecified atom stereocenters. The second-order valence-corrected chi connectivity index (χ2v) is 8.73. The van der Waals surface area contributed by atoms with E-state index in [4.69, 9.17) is 9.47 Å². The smallest absolute Gasteiger partial charge is 0.338 e. The summed E-state index contributed by atoms with van der Waals surface area (Å²) < 4.78 is 11.3. The third-order valence-electron chi connectivity index (χ3n) is 5.36. The van der Waals surface area contributed by atoms with Crippen LogP contribution in [-0.4, -0.2) is 54.7 Å². The molecule has 34 heavy (non-hydrogen) atoms. The van der Waals surface area contributed by atoms with Crippen LogP contribution in [0.1, 0.15) is 40.5 Å². The van der Waals surface area contributed by atoms with Gasteiger partial charge in [-0.15, -0.1) is 0 Å². The van der Waals surface area contributed by atoms with Crippen molar-refractivity contribution in [2.75, 3.05) is 43.1 Å². The third kappa shape index (κ3) is 5.32. The average Bonchev–Trinajstić information content (AvgIpc) is 3.25. The molecular formula is C23H24N4O6S. The van der Waals surface area contributed by atoms with Gasteiger partial charge >= 0.3 is 5.97 Å². The number of rotatable bonds is 8. The van der Waals surface area contributed by atoms with Crippen molar-refractivity contribution in [2.45, 2.75) is 19.8 Å². The van der Waals surface area contributed by atoms with Gasteiger partial charge in [-0.2, -0.15) is 0 Å². The first kappa shape index (κ1) is 23.6. The van der Waals surface area contributed by atoms with Crippen LogP contribution >= 0.6 is 11.3 Å². The van der Waals surface area contributed by atoms with Crippen LogP contribution in [0.2, 0.25) is 0 Å². The highest BCUT2D eigenvalue weighted by molar-refractivity contribution is 7.22. The Kier molecular flexibility index (Phi) is 7.33. The van der Waals surface area contributed by atoms with Gasteiger partial charge in [-0.25, -0.2) is 9.78 Å². The maximum atomic E-state index is 13.2. The normalized spacial score (nSPS) is 13.6. The lowest BCUT2D eigenvalue weighted by molar-refractivity contribution is -0.384. The molecule has 0 atom stereocenters. The molecular weight excluding hydrogens is 460 g/mol. The van der Waals surface area contributed by atoms with Crippen LogP contribution in [0.4, 0.5) is 16.5 Å². The zero-order chi connectivity index (χ0) is 24.1. The van der Waals surface area contributed by atoms with Crippen LogP contribution in [0.5, 0.6) is 0 Å². The number of benzene rings is 2. The van der Waals surface area contributed by atoms with Crippen LogP contribution in [0, 0.1) is 10.1 Å². The average molecular weight is 485 g/mol. The van der Waals surface area contributed by atoms with Crippen molar-refractivity contribution < 1.29 is 24.0 Å². The van der Waals surface area contributed by atoms with Gasteiger partial charge in [0.15, 0.2) is 5.13 Å². The van der Waals surface area contributed by atoms with E-state index in [0.717, 1.165) is 12.8 Å². The van der Waals surface area contributed by atoms with Crippen LogP contribution in [0.15, 0.2) is 36.4 Å². The minimum Gasteiger partial charge on any atom is -0.462 e. The number of non-ortho nitro benzene ring substituents is 1. The first-order chi connectivity index (χ1) is 16.5. The van der Waals surface area contributed by atoms with Gasteiger partial charge in [0, 0.05) is 25.2 Å². The summed E-state index contributed by atoms with van der Waals surface area (Å²) in [4.78, 5) is 42.5. The SMILES string of the molecule is CCCCOC(=O)c1ccc2nc(NC(=O)c3cc([N+](=O)[O-])ccc3N3CCOCC3)sc2c1. The zero-order valence-corrected chi connectivity index (χ0v) is 19.4. The van der Waals surface area contributed by atoms with Crippen molar-refractivity contribution in [1.29, 1.82) is 0 Å². The molecule has 3 aromatic rings. The standard InChI is InChI=1S/C23H24N4O6S/c1-2-3-10-33-22(29)15-4-6-18-20(13-15)34-23(24-18)25-21(28)17-14-16(27(30)31)5-7-19(17)26-8-11-32-12-9-26/h4-7,13-14H,2-3,8-12H2,1H3,(H,24,25,28). The Bertz CT molecular complexity index is 1220. The quantitative estimate of drug-likeness (QED) is 0.218. The molecule has 0 spiro atoms. The molecule has 2 aromatic carbocycles. The highest BCUT2D eigenvalue weighted by atomic mass is 32.1. The fraction of sp³-hybridized carbons (Fsp3) is 0.348. The molecule has 10 nitrogen and oxygen atoms in total. The molecule has 178 valence electrons. The maximum Gasteiger partial charge on any atom is 0.338 e. The number of hydrogen-bond acceptors (Lipinski definition) is 9. The van der Waals surface area contributed by atoms with Gasteiger partial charge in [-0.1, -0.05) is 24.7 Å². The summed E-state index contributed by atoms with van der Waals surface area (Å²) in [6, 6.07) is 9.28. The largest absolute Gasteiger partial charge is 0.462 e. The number of nitro groups is 1. The van der Waals surface area contributed by atoms with E-state index in [1.54, 1.807) is 24.3 Å². The molecule has 11 heteroatoms. The molecule has 1 fully saturated rings. The molecule has 1 saturated heterocycles. The van der Waals surface area contributed by atoms with Gasteiger partial charge in [-0.3, -0.25) is 20.2 Å². The molecule has 2 heterocycles. The number of aromatic nitrogens is 1. The van der Waals surface area contributed by atoms with Gasteiger partial charge in [-0.05, 0) is 30.7 Å². The van der Waals surface area contributed by atoms with E-state index in [0.29, 0.717) is 59.5 Å². The zero-order valence-electron chi connectivity index (χ0n) is 18.6. The number of ether oxygens (including phenoxy) is 2. The summed E-state index contributed by atoms with van der Waals surface area (Å²) >= 11 is 1.21. The van der Waals surface area contributed by atoms with E-state index in [1.165, 1.54) is 23.5 Å². The molecule has 1 aromatic heterocycles. The highest BCUT2D eigenvalue weighted by Crippen LogP contribution is 2.30. The van der Waals surface area contributed by atoms with Gasteiger partial charge in [0.2, 0.25) is 0 Å². The Morgan fingerprint density at radius 2 is 2.03 bits per heavy atom. The van der Waals surface area contributed by atoms with Crippen LogP contribution < -0.4 is 10.2 Å². The Hall–Kier alpha value is -3.57. The van der Waals surface area contributed by atoms with Crippen molar-refractivity contribution in [2.24, 2.45) is 0 Å². The first-order valence-corrected chi connectivity index (χ1v) is 11.8. The molecule has 1 aliphatic rings. The Morgan fingerprint density at radius 1 is 1.24 bits per heavy atom. The molecule has 1 aliphatic heterocycles. The number of fused-ring (bicyclic) bond motifs is 1. The second-order valence-electron chi connectivity index (χ2n) is 7.70. The maximum absolute atomic E-state index is 13.2. The molecule has 0 bridgehead atoms. The van der Waals surface area contributed by atoms with Crippen molar-refractivity contribution in [1.82, 2.24) is 4.98 Å². The van der Waals surface area contributed by atoms with Crippen LogP contribution in [0.25, 0.3) is 10.2 Å². The first-order valence-electron chi connectivity index (χ1n) is 11.0. The Morgan fingerprint density at radius 3 is 2.76 bits per heavy atom. The monoisotopic (exact) mass is 484 g/mol. The molecule has 0 aliphatic carbocycles. The van der Waals surface area contributed by atoms with Crippen LogP contribution in [0.3, 0.4) is 0 Å². The number of carbonyl (C=O) groups is 2. The molecule has 0 saturated carbocycles. The van der Waals surface area contributed by atoms with Gasteiger partial charge in [0.05, 0.1) is 51.8 Å². The summed E-state index contributed by atoms with van der Waals surface area (Å²) in [5, 5.41) is 14.4. The summed E-state index contributed by atoms with van der Waals surface area (Å²) in [5.74, 6) is -0.899. The minimum atomic E-state index is -0.529. The molecule has 4 rings (SSSR count). The fourth-order valence-corrected chi connectivity index (χ4v) is 4.46. The number of unbranched alkanes of at least 4 members (excludes halogenated alkanes) is 1. The highest BCUT2D eigenvalue weighted by Gasteiger charge is 2.23. The second kappa shape index (κ2) is 10.6. The van der Waals surface area contributed by atoms with E-state index in [9.17, 15) is 19.7 Å². The summed E-state index contributed by atoms with van der Waals surface area (Å²) in [5.41, 5.74) is 1.66. The summed E-state index contributed by atoms with van der Waals surface area (Å²) in [6.45, 7) is 4.57. The van der Waals surface area contributed by atoms with Gasteiger partial charge < -0.3 is 14.4 Å². The minimum absolute atomic E-state index is 0.169. The van der Waals surface area contributed by atoms with Crippen LogP contribution in [-0.2, 0) is 9.47 Å². The van der Waals surface area contributed by atoms with Crippen molar-refractivity contribution in [3.05, 3.63) is 57.6 Å². The van der Waals surface area contributed by atoms with E-state index in [-0.39, 0.29) is 11.3 Å². The number of thiazole rings is 1. The number of amides is 1. The number of nitro benzene ring substituents is 1. The number of carbonyl (C=O) groups excluding carboxylic acids is 2. The van der Waals surface area contributed by atoms with E-state index in [1.807, 2.05) is 11.8 Å². The molecule has 1 N–H and O–H groups in total. The topological polar surface area (TPSA) is 124 Å². The number of nitrogens with zero attached hydrogens (tertiary/aromatic N) is 3. The number of hydrogen-bond donors (Lipinski definition) is 1. The van der Waals surface area contributed by atoms with Gasteiger partial charge in [0.25, 0.3) is 11.6 Å². The lowest BCUT2D eigenvalue weighted by Gasteiger charge is -2.30. The van der Waals surface area contributed by atoms with E-state index < -0.39 is 16.8 Å². The lowest BCUT2D eigenvalue weighted by Crippen LogP contribution is -2.37. The summed E-state index contributed by atoms with van der Waals surface area (Å²) in [6.07, 6.45) is 1.73. The fourth-order valence-electron chi connectivity index (χ4n) is 3.56. The Labute approximate surface area is 199 Å². The van der Waals surface area contributed by atoms with E-state index >= 15 is 0 Å². The summed E-state index contributed by atoms with van der Waals surface area (Å²) in [7, 11) is 0. The number of nitrogens with one attached hydrogen (secondary N) is 1. The third-order valence-corrected chi connectivity index (χ3v) is 6.30. The van der Waals surface area contributed by atoms with E-state index in [2.05, 4.69) is 10.3 Å². The number of anilines is 2. The Balaban J connectivity index is 1.57. The molecule has 0 radical (unpaired) electrons. The van der Waals surface area contributed by atoms with Crippen molar-refractivity contribution >= 4 is 49.9 Å². The number of esters is 1. The lowest BCUT2D eigenvalue weighted by atomic mass is 10.1. The van der Waals surface area contributed by atoms with Crippen molar-refractivity contribution in [3.63, 3.8) is 0 Å². The van der Waals surface area contributed by atoms with Crippen molar-refractivity contribution in [3.8, 4) is 0 Å². The molecule has 1 amide bonds. The van der Waals surface area contributed by atoms with Gasteiger partial charge in [0.1, 0.15) is 0 Å². The predicted molar refractivity (Wildman–Crippen MR) is 129 cm³/mol.